The van der Waals surface area contributed by atoms with E-state index in [2.05, 4.69) is 4.90 Å². The van der Waals surface area contributed by atoms with Gasteiger partial charge in [-0.25, -0.2) is 0 Å². The molecule has 1 fully saturated rings. The molecule has 6 nitrogen and oxygen atoms in total. The lowest BCUT2D eigenvalue weighted by atomic mass is 10.3. The van der Waals surface area contributed by atoms with Gasteiger partial charge in [0, 0.05) is 26.2 Å². The van der Waals surface area contributed by atoms with Crippen molar-refractivity contribution in [2.45, 2.75) is 0 Å². The van der Waals surface area contributed by atoms with Crippen molar-refractivity contribution < 1.29 is 9.72 Å². The van der Waals surface area contributed by atoms with Crippen molar-refractivity contribution >= 4 is 28.3 Å². The molecule has 0 amide bonds. The summed E-state index contributed by atoms with van der Waals surface area (Å²) in [5, 5.41) is 11.0. The van der Waals surface area contributed by atoms with Crippen molar-refractivity contribution in [1.82, 2.24) is 4.90 Å². The molecule has 2 rings (SSSR count). The van der Waals surface area contributed by atoms with Crippen molar-refractivity contribution in [3.63, 3.8) is 0 Å². The van der Waals surface area contributed by atoms with Crippen LogP contribution < -0.4 is 4.90 Å². The molecule has 1 aliphatic heterocycles. The van der Waals surface area contributed by atoms with Crippen molar-refractivity contribution in [3.8, 4) is 0 Å². The van der Waals surface area contributed by atoms with Crippen molar-refractivity contribution in [1.29, 1.82) is 0 Å². The SMILES string of the molecule is CN1CCN(c2cc(C=O)sc2[N+](=O)[O-])CC1. The normalized spacial score (nSPS) is 17.1. The lowest BCUT2D eigenvalue weighted by molar-refractivity contribution is -0.379. The Kier molecular flexibility index (Phi) is 3.39. The summed E-state index contributed by atoms with van der Waals surface area (Å²) in [6.07, 6.45) is 0.664. The summed E-state index contributed by atoms with van der Waals surface area (Å²) in [7, 11) is 2.02. The monoisotopic (exact) mass is 255 g/mol. The maximum atomic E-state index is 10.9. The third kappa shape index (κ3) is 2.45. The average Bonchev–Trinajstić information content (AvgIpc) is 2.74. The van der Waals surface area contributed by atoms with Crippen LogP contribution in [0.4, 0.5) is 10.7 Å². The molecule has 0 saturated carbocycles. The first kappa shape index (κ1) is 12.0. The van der Waals surface area contributed by atoms with Gasteiger partial charge < -0.3 is 9.80 Å². The fraction of sp³-hybridized carbons (Fsp3) is 0.500. The molecule has 2 heterocycles. The first-order valence-electron chi connectivity index (χ1n) is 5.28. The van der Waals surface area contributed by atoms with Gasteiger partial charge in [-0.1, -0.05) is 11.3 Å². The van der Waals surface area contributed by atoms with E-state index in [0.717, 1.165) is 37.5 Å². The van der Waals surface area contributed by atoms with E-state index in [1.807, 2.05) is 11.9 Å². The highest BCUT2D eigenvalue weighted by Crippen LogP contribution is 2.37. The second-order valence-corrected chi connectivity index (χ2v) is 5.07. The highest BCUT2D eigenvalue weighted by molar-refractivity contribution is 7.17. The molecular weight excluding hydrogens is 242 g/mol. The van der Waals surface area contributed by atoms with Gasteiger partial charge in [0.15, 0.2) is 6.29 Å². The van der Waals surface area contributed by atoms with Gasteiger partial charge in [-0.2, -0.15) is 0 Å². The number of likely N-dealkylation sites (N-methyl/N-ethyl adjacent to an activating group) is 1. The van der Waals surface area contributed by atoms with E-state index in [-0.39, 0.29) is 5.00 Å². The van der Waals surface area contributed by atoms with Gasteiger partial charge in [0.05, 0.1) is 9.80 Å². The number of thiophene rings is 1. The van der Waals surface area contributed by atoms with Crippen LogP contribution in [0.2, 0.25) is 0 Å². The molecule has 0 bridgehead atoms. The second kappa shape index (κ2) is 4.80. The smallest absolute Gasteiger partial charge is 0.347 e. The zero-order valence-electron chi connectivity index (χ0n) is 9.46. The molecule has 0 aliphatic carbocycles. The number of aldehydes is 1. The largest absolute Gasteiger partial charge is 0.363 e. The Morgan fingerprint density at radius 1 is 1.41 bits per heavy atom. The van der Waals surface area contributed by atoms with Gasteiger partial charge in [-0.15, -0.1) is 0 Å². The summed E-state index contributed by atoms with van der Waals surface area (Å²) >= 11 is 0.940. The van der Waals surface area contributed by atoms with Gasteiger partial charge in [-0.3, -0.25) is 14.9 Å². The minimum Gasteiger partial charge on any atom is -0.363 e. The van der Waals surface area contributed by atoms with Crippen LogP contribution in [0.15, 0.2) is 6.07 Å². The van der Waals surface area contributed by atoms with E-state index in [1.54, 1.807) is 6.07 Å². The second-order valence-electron chi connectivity index (χ2n) is 4.00. The van der Waals surface area contributed by atoms with E-state index in [0.29, 0.717) is 16.9 Å². The number of rotatable bonds is 3. The van der Waals surface area contributed by atoms with Crippen LogP contribution in [0.25, 0.3) is 0 Å². The molecular formula is C10H13N3O3S. The highest BCUT2D eigenvalue weighted by atomic mass is 32.1. The fourth-order valence-corrected chi connectivity index (χ4v) is 2.66. The summed E-state index contributed by atoms with van der Waals surface area (Å²) in [5.74, 6) is 0. The number of piperazine rings is 1. The van der Waals surface area contributed by atoms with E-state index in [4.69, 9.17) is 0 Å². The molecule has 0 spiro atoms. The Bertz CT molecular complexity index is 438. The predicted molar refractivity (Wildman–Crippen MR) is 66.1 cm³/mol. The van der Waals surface area contributed by atoms with Gasteiger partial charge in [0.1, 0.15) is 5.69 Å². The zero-order valence-corrected chi connectivity index (χ0v) is 10.3. The van der Waals surface area contributed by atoms with Gasteiger partial charge in [-0.05, 0) is 13.1 Å². The Hall–Kier alpha value is -1.47. The summed E-state index contributed by atoms with van der Waals surface area (Å²) in [5.41, 5.74) is 0.579. The third-order valence-corrected chi connectivity index (χ3v) is 3.84. The van der Waals surface area contributed by atoms with Crippen LogP contribution in [0.1, 0.15) is 9.67 Å². The highest BCUT2D eigenvalue weighted by Gasteiger charge is 2.25. The topological polar surface area (TPSA) is 66.7 Å². The van der Waals surface area contributed by atoms with E-state index in [1.165, 1.54) is 0 Å². The van der Waals surface area contributed by atoms with Gasteiger partial charge in [0.2, 0.25) is 0 Å². The van der Waals surface area contributed by atoms with Crippen LogP contribution in [-0.4, -0.2) is 49.3 Å². The van der Waals surface area contributed by atoms with Crippen molar-refractivity contribution in [3.05, 3.63) is 21.1 Å². The Morgan fingerprint density at radius 3 is 2.59 bits per heavy atom. The van der Waals surface area contributed by atoms with E-state index < -0.39 is 4.92 Å². The Balaban J connectivity index is 2.27. The first-order valence-corrected chi connectivity index (χ1v) is 6.10. The Morgan fingerprint density at radius 2 is 2.06 bits per heavy atom. The molecule has 0 unspecified atom stereocenters. The minimum absolute atomic E-state index is 0.0663. The van der Waals surface area contributed by atoms with Crippen LogP contribution in [0, 0.1) is 10.1 Å². The summed E-state index contributed by atoms with van der Waals surface area (Å²) < 4.78 is 0. The molecule has 1 aromatic heterocycles. The van der Waals surface area contributed by atoms with Crippen LogP contribution in [0.5, 0.6) is 0 Å². The van der Waals surface area contributed by atoms with Crippen molar-refractivity contribution in [2.75, 3.05) is 38.1 Å². The van der Waals surface area contributed by atoms with Gasteiger partial charge >= 0.3 is 5.00 Å². The zero-order chi connectivity index (χ0) is 12.4. The van der Waals surface area contributed by atoms with Gasteiger partial charge in [0.25, 0.3) is 0 Å². The molecule has 7 heteroatoms. The number of carbonyl (C=O) groups is 1. The fourth-order valence-electron chi connectivity index (χ4n) is 1.85. The number of nitrogens with zero attached hydrogens (tertiary/aromatic N) is 3. The van der Waals surface area contributed by atoms with Crippen molar-refractivity contribution in [2.24, 2.45) is 0 Å². The van der Waals surface area contributed by atoms with Crippen LogP contribution in [0.3, 0.4) is 0 Å². The maximum Gasteiger partial charge on any atom is 0.347 e. The molecule has 92 valence electrons. The maximum absolute atomic E-state index is 10.9. The standard InChI is InChI=1S/C10H13N3O3S/c1-11-2-4-12(5-3-11)9-6-8(7-14)17-10(9)13(15)16/h6-7H,2-5H2,1H3. The lowest BCUT2D eigenvalue weighted by Gasteiger charge is -2.32. The molecule has 1 aliphatic rings. The molecule has 0 N–H and O–H groups in total. The molecule has 0 radical (unpaired) electrons. The number of anilines is 1. The molecule has 1 saturated heterocycles. The molecule has 0 aromatic carbocycles. The Labute approximate surface area is 103 Å². The first-order chi connectivity index (χ1) is 8.11. The average molecular weight is 255 g/mol. The summed E-state index contributed by atoms with van der Waals surface area (Å²) in [4.78, 5) is 25.8. The third-order valence-electron chi connectivity index (χ3n) is 2.84. The number of hydrogen-bond acceptors (Lipinski definition) is 6. The van der Waals surface area contributed by atoms with E-state index in [9.17, 15) is 14.9 Å². The van der Waals surface area contributed by atoms with Crippen LogP contribution >= 0.6 is 11.3 Å². The number of hydrogen-bond donors (Lipinski definition) is 0. The predicted octanol–water partition coefficient (Wildman–Crippen LogP) is 1.22. The molecule has 1 aromatic rings. The molecule has 0 atom stereocenters. The number of carbonyl (C=O) groups excluding carboxylic acids is 1. The molecule has 17 heavy (non-hydrogen) atoms. The summed E-state index contributed by atoms with van der Waals surface area (Å²) in [6.45, 7) is 3.27. The van der Waals surface area contributed by atoms with E-state index >= 15 is 0 Å². The number of nitro groups is 1. The quantitative estimate of drug-likeness (QED) is 0.461. The van der Waals surface area contributed by atoms with Crippen LogP contribution in [-0.2, 0) is 0 Å². The minimum atomic E-state index is -0.411. The lowest BCUT2D eigenvalue weighted by Crippen LogP contribution is -2.44. The summed E-state index contributed by atoms with van der Waals surface area (Å²) in [6, 6.07) is 1.61.